The van der Waals surface area contributed by atoms with Gasteiger partial charge in [-0.05, 0) is 32.0 Å². The van der Waals surface area contributed by atoms with Crippen LogP contribution >= 0.6 is 22.9 Å². The highest BCUT2D eigenvalue weighted by Gasteiger charge is 2.25. The number of rotatable bonds is 3. The smallest absolute Gasteiger partial charge is 0.0931 e. The molecule has 1 heterocycles. The van der Waals surface area contributed by atoms with Gasteiger partial charge in [-0.2, -0.15) is 0 Å². The van der Waals surface area contributed by atoms with Crippen molar-refractivity contribution in [3.63, 3.8) is 0 Å². The average molecular weight is 274 g/mol. The fraction of sp³-hybridized carbons (Fsp3) is 0.692. The standard InChI is InChI=1S/C13H20ClNOS/c1-15(9-10-7-8-13(14)17-10)11-5-3-2-4-6-12(11)16/h7-8,11-12,16H,2-6,9H2,1H3. The number of aliphatic hydroxyl groups is 1. The molecule has 96 valence electrons. The van der Waals surface area contributed by atoms with E-state index in [1.165, 1.54) is 17.7 Å². The zero-order valence-corrected chi connectivity index (χ0v) is 11.8. The second-order valence-electron chi connectivity index (χ2n) is 4.89. The van der Waals surface area contributed by atoms with E-state index < -0.39 is 0 Å². The molecule has 0 bridgehead atoms. The van der Waals surface area contributed by atoms with Gasteiger partial charge in [0.25, 0.3) is 0 Å². The predicted molar refractivity (Wildman–Crippen MR) is 73.7 cm³/mol. The van der Waals surface area contributed by atoms with Crippen LogP contribution in [-0.2, 0) is 6.54 Å². The zero-order chi connectivity index (χ0) is 12.3. The van der Waals surface area contributed by atoms with Gasteiger partial charge in [-0.15, -0.1) is 11.3 Å². The number of likely N-dealkylation sites (N-methyl/N-ethyl adjacent to an activating group) is 1. The summed E-state index contributed by atoms with van der Waals surface area (Å²) in [6, 6.07) is 4.32. The Balaban J connectivity index is 1.95. The van der Waals surface area contributed by atoms with E-state index in [4.69, 9.17) is 11.6 Å². The molecular formula is C13H20ClNOS. The van der Waals surface area contributed by atoms with Gasteiger partial charge >= 0.3 is 0 Å². The fourth-order valence-electron chi connectivity index (χ4n) is 2.58. The lowest BCUT2D eigenvalue weighted by atomic mass is 10.0. The van der Waals surface area contributed by atoms with Crippen molar-refractivity contribution in [1.82, 2.24) is 4.90 Å². The SMILES string of the molecule is CN(Cc1ccc(Cl)s1)C1CCCCCC1O. The van der Waals surface area contributed by atoms with Gasteiger partial charge in [0.05, 0.1) is 10.4 Å². The molecule has 2 unspecified atom stereocenters. The van der Waals surface area contributed by atoms with Gasteiger partial charge in [-0.3, -0.25) is 4.90 Å². The Morgan fingerprint density at radius 3 is 2.82 bits per heavy atom. The molecule has 0 radical (unpaired) electrons. The molecule has 0 spiro atoms. The Morgan fingerprint density at radius 2 is 2.12 bits per heavy atom. The highest BCUT2D eigenvalue weighted by molar-refractivity contribution is 7.16. The monoisotopic (exact) mass is 273 g/mol. The molecule has 0 aromatic carbocycles. The zero-order valence-electron chi connectivity index (χ0n) is 10.2. The minimum atomic E-state index is -0.169. The van der Waals surface area contributed by atoms with Crippen molar-refractivity contribution in [2.24, 2.45) is 0 Å². The van der Waals surface area contributed by atoms with Gasteiger partial charge in [-0.1, -0.05) is 30.9 Å². The lowest BCUT2D eigenvalue weighted by Crippen LogP contribution is -2.40. The van der Waals surface area contributed by atoms with Crippen LogP contribution in [0.15, 0.2) is 12.1 Å². The molecule has 1 N–H and O–H groups in total. The van der Waals surface area contributed by atoms with Crippen LogP contribution in [-0.4, -0.2) is 29.2 Å². The van der Waals surface area contributed by atoms with E-state index in [9.17, 15) is 5.11 Å². The average Bonchev–Trinajstić information content (AvgIpc) is 2.57. The lowest BCUT2D eigenvalue weighted by Gasteiger charge is -2.30. The molecule has 4 heteroatoms. The van der Waals surface area contributed by atoms with Crippen LogP contribution in [0.4, 0.5) is 0 Å². The molecule has 1 aliphatic carbocycles. The maximum Gasteiger partial charge on any atom is 0.0931 e. The van der Waals surface area contributed by atoms with Crippen LogP contribution < -0.4 is 0 Å². The summed E-state index contributed by atoms with van der Waals surface area (Å²) >= 11 is 7.56. The maximum absolute atomic E-state index is 10.1. The number of aliphatic hydroxyl groups excluding tert-OH is 1. The maximum atomic E-state index is 10.1. The first-order valence-electron chi connectivity index (χ1n) is 6.29. The van der Waals surface area contributed by atoms with Crippen LogP contribution in [0.5, 0.6) is 0 Å². The Bertz CT molecular complexity index is 355. The van der Waals surface area contributed by atoms with E-state index in [0.717, 1.165) is 30.1 Å². The summed E-state index contributed by atoms with van der Waals surface area (Å²) in [6.07, 6.45) is 5.54. The minimum Gasteiger partial charge on any atom is -0.391 e. The molecule has 1 aromatic heterocycles. The van der Waals surface area contributed by atoms with E-state index in [1.54, 1.807) is 11.3 Å². The number of thiophene rings is 1. The van der Waals surface area contributed by atoms with Crippen molar-refractivity contribution in [2.75, 3.05) is 7.05 Å². The van der Waals surface area contributed by atoms with E-state index in [2.05, 4.69) is 18.0 Å². The first-order valence-corrected chi connectivity index (χ1v) is 7.49. The van der Waals surface area contributed by atoms with Gasteiger partial charge in [0, 0.05) is 17.5 Å². The summed E-state index contributed by atoms with van der Waals surface area (Å²) < 4.78 is 0.842. The van der Waals surface area contributed by atoms with Crippen molar-refractivity contribution in [3.8, 4) is 0 Å². The summed E-state index contributed by atoms with van der Waals surface area (Å²) in [5.74, 6) is 0. The number of nitrogens with zero attached hydrogens (tertiary/aromatic N) is 1. The molecule has 2 atom stereocenters. The van der Waals surface area contributed by atoms with Crippen molar-refractivity contribution >= 4 is 22.9 Å². The number of hydrogen-bond acceptors (Lipinski definition) is 3. The molecule has 1 saturated carbocycles. The van der Waals surface area contributed by atoms with Crippen molar-refractivity contribution < 1.29 is 5.11 Å². The molecule has 0 aliphatic heterocycles. The second kappa shape index (κ2) is 6.19. The van der Waals surface area contributed by atoms with Crippen molar-refractivity contribution in [1.29, 1.82) is 0 Å². The highest BCUT2D eigenvalue weighted by atomic mass is 35.5. The van der Waals surface area contributed by atoms with Crippen LogP contribution in [0.1, 0.15) is 37.0 Å². The summed E-state index contributed by atoms with van der Waals surface area (Å²) in [5.41, 5.74) is 0. The third-order valence-corrected chi connectivity index (χ3v) is 4.76. The number of hydrogen-bond donors (Lipinski definition) is 1. The molecule has 17 heavy (non-hydrogen) atoms. The summed E-state index contributed by atoms with van der Waals surface area (Å²) in [4.78, 5) is 3.55. The normalized spacial score (nSPS) is 26.1. The molecule has 0 saturated heterocycles. The van der Waals surface area contributed by atoms with Gasteiger partial charge < -0.3 is 5.11 Å². The summed E-state index contributed by atoms with van der Waals surface area (Å²) in [7, 11) is 2.10. The molecule has 1 aliphatic rings. The molecule has 1 aromatic rings. The Labute approximate surface area is 112 Å². The molecular weight excluding hydrogens is 254 g/mol. The van der Waals surface area contributed by atoms with Crippen LogP contribution in [0.25, 0.3) is 0 Å². The quantitative estimate of drug-likeness (QED) is 0.852. The van der Waals surface area contributed by atoms with Crippen LogP contribution in [0.2, 0.25) is 4.34 Å². The van der Waals surface area contributed by atoms with Crippen molar-refractivity contribution in [2.45, 2.75) is 50.8 Å². The summed E-state index contributed by atoms with van der Waals surface area (Å²) in [6.45, 7) is 0.888. The molecule has 2 nitrogen and oxygen atoms in total. The first kappa shape index (κ1) is 13.3. The Kier molecular flexibility index (Phi) is 4.86. The van der Waals surface area contributed by atoms with Crippen LogP contribution in [0, 0.1) is 0 Å². The first-order chi connectivity index (χ1) is 8.16. The predicted octanol–water partition coefficient (Wildman–Crippen LogP) is 3.53. The molecule has 1 fully saturated rings. The van der Waals surface area contributed by atoms with Crippen LogP contribution in [0.3, 0.4) is 0 Å². The third kappa shape index (κ3) is 3.68. The van der Waals surface area contributed by atoms with Gasteiger partial charge in [-0.25, -0.2) is 0 Å². The number of halogens is 1. The third-order valence-electron chi connectivity index (χ3n) is 3.54. The van der Waals surface area contributed by atoms with Gasteiger partial charge in [0.1, 0.15) is 0 Å². The van der Waals surface area contributed by atoms with Gasteiger partial charge in [0.2, 0.25) is 0 Å². The van der Waals surface area contributed by atoms with E-state index >= 15 is 0 Å². The lowest BCUT2D eigenvalue weighted by molar-refractivity contribution is 0.0548. The highest BCUT2D eigenvalue weighted by Crippen LogP contribution is 2.26. The van der Waals surface area contributed by atoms with Gasteiger partial charge in [0.15, 0.2) is 0 Å². The largest absolute Gasteiger partial charge is 0.391 e. The minimum absolute atomic E-state index is 0.169. The van der Waals surface area contributed by atoms with Crippen molar-refractivity contribution in [3.05, 3.63) is 21.3 Å². The van der Waals surface area contributed by atoms with E-state index in [-0.39, 0.29) is 6.10 Å². The van der Waals surface area contributed by atoms with E-state index in [1.807, 2.05) is 6.07 Å². The topological polar surface area (TPSA) is 23.5 Å². The fourth-order valence-corrected chi connectivity index (χ4v) is 3.73. The molecule has 2 rings (SSSR count). The Hall–Kier alpha value is -0.0900. The van der Waals surface area contributed by atoms with E-state index in [0.29, 0.717) is 6.04 Å². The summed E-state index contributed by atoms with van der Waals surface area (Å²) in [5, 5.41) is 10.1. The second-order valence-corrected chi connectivity index (χ2v) is 6.69. The molecule has 0 amide bonds. The Morgan fingerprint density at radius 1 is 1.35 bits per heavy atom.